The predicted molar refractivity (Wildman–Crippen MR) is 81.1 cm³/mol. The Labute approximate surface area is 127 Å². The summed E-state index contributed by atoms with van der Waals surface area (Å²) in [5.74, 6) is 0.368. The Morgan fingerprint density at radius 3 is 2.76 bits per heavy atom. The summed E-state index contributed by atoms with van der Waals surface area (Å²) < 4.78 is 0. The normalized spacial score (nSPS) is 30.0. The molecule has 1 aliphatic carbocycles. The molecule has 2 amide bonds. The zero-order valence-corrected chi connectivity index (χ0v) is 13.0. The van der Waals surface area contributed by atoms with Gasteiger partial charge < -0.3 is 15.3 Å². The van der Waals surface area contributed by atoms with Gasteiger partial charge in [-0.2, -0.15) is 0 Å². The number of hydrogen-bond donors (Lipinski definition) is 2. The molecule has 120 valence electrons. The van der Waals surface area contributed by atoms with Gasteiger partial charge in [0.15, 0.2) is 0 Å². The molecule has 2 rings (SSSR count). The minimum absolute atomic E-state index is 0.0928. The number of carbonyl (C=O) groups is 2. The van der Waals surface area contributed by atoms with E-state index < -0.39 is 11.9 Å². The average Bonchev–Trinajstić information content (AvgIpc) is 2.47. The van der Waals surface area contributed by atoms with Gasteiger partial charge in [-0.1, -0.05) is 26.2 Å². The van der Waals surface area contributed by atoms with Gasteiger partial charge in [0.2, 0.25) is 0 Å². The molecule has 0 bridgehead atoms. The Kier molecular flexibility index (Phi) is 5.88. The van der Waals surface area contributed by atoms with Crippen LogP contribution < -0.4 is 5.32 Å². The number of carbonyl (C=O) groups excluding carboxylic acids is 1. The molecule has 3 atom stereocenters. The molecule has 1 heterocycles. The third-order valence-corrected chi connectivity index (χ3v) is 4.93. The van der Waals surface area contributed by atoms with Crippen LogP contribution in [0.15, 0.2) is 0 Å². The molecule has 5 nitrogen and oxygen atoms in total. The molecule has 1 aliphatic heterocycles. The van der Waals surface area contributed by atoms with Crippen LogP contribution in [0.4, 0.5) is 4.79 Å². The zero-order valence-electron chi connectivity index (χ0n) is 13.0. The molecule has 0 radical (unpaired) electrons. The Balaban J connectivity index is 1.68. The molecule has 0 aromatic rings. The summed E-state index contributed by atoms with van der Waals surface area (Å²) in [5, 5.41) is 12.0. The molecule has 1 saturated heterocycles. The van der Waals surface area contributed by atoms with Crippen molar-refractivity contribution in [3.05, 3.63) is 0 Å². The summed E-state index contributed by atoms with van der Waals surface area (Å²) in [7, 11) is 0. The van der Waals surface area contributed by atoms with Gasteiger partial charge >= 0.3 is 12.0 Å². The lowest BCUT2D eigenvalue weighted by molar-refractivity contribution is -0.143. The summed E-state index contributed by atoms with van der Waals surface area (Å²) >= 11 is 0. The highest BCUT2D eigenvalue weighted by Crippen LogP contribution is 2.30. The molecule has 2 N–H and O–H groups in total. The van der Waals surface area contributed by atoms with Crippen LogP contribution in [0, 0.1) is 17.8 Å². The van der Waals surface area contributed by atoms with Gasteiger partial charge in [-0.3, -0.25) is 4.79 Å². The van der Waals surface area contributed by atoms with Gasteiger partial charge in [0.1, 0.15) is 0 Å². The number of amides is 2. The van der Waals surface area contributed by atoms with E-state index in [2.05, 4.69) is 12.2 Å². The van der Waals surface area contributed by atoms with E-state index in [9.17, 15) is 9.59 Å². The number of nitrogens with one attached hydrogen (secondary N) is 1. The monoisotopic (exact) mass is 296 g/mol. The maximum Gasteiger partial charge on any atom is 0.317 e. The molecule has 1 saturated carbocycles. The lowest BCUT2D eigenvalue weighted by Gasteiger charge is -2.31. The van der Waals surface area contributed by atoms with Crippen molar-refractivity contribution in [3.63, 3.8) is 0 Å². The quantitative estimate of drug-likeness (QED) is 0.838. The van der Waals surface area contributed by atoms with Crippen molar-refractivity contribution in [2.75, 3.05) is 19.6 Å². The fourth-order valence-corrected chi connectivity index (χ4v) is 3.68. The molecule has 0 aromatic heterocycles. The standard InChI is InChI=1S/C16H28N2O3/c1-12-4-2-5-13(10-12)7-8-17-16(21)18-9-3-6-14(11-18)15(19)20/h12-14H,2-11H2,1H3,(H,17,21)(H,19,20)/t12?,13?,14-/m1/s1. The van der Waals surface area contributed by atoms with Crippen LogP contribution in [0.2, 0.25) is 0 Å². The van der Waals surface area contributed by atoms with E-state index in [1.807, 2.05) is 0 Å². The topological polar surface area (TPSA) is 69.6 Å². The predicted octanol–water partition coefficient (Wildman–Crippen LogP) is 2.71. The van der Waals surface area contributed by atoms with Gasteiger partial charge in [-0.25, -0.2) is 4.79 Å². The number of carboxylic acid groups (broad SMARTS) is 1. The van der Waals surface area contributed by atoms with Crippen LogP contribution >= 0.6 is 0 Å². The lowest BCUT2D eigenvalue weighted by Crippen LogP contribution is -2.47. The molecule has 5 heteroatoms. The average molecular weight is 296 g/mol. The van der Waals surface area contributed by atoms with E-state index in [4.69, 9.17) is 5.11 Å². The molecule has 2 aliphatic rings. The summed E-state index contributed by atoms with van der Waals surface area (Å²) in [4.78, 5) is 24.8. The van der Waals surface area contributed by atoms with Crippen LogP contribution in [-0.2, 0) is 4.79 Å². The van der Waals surface area contributed by atoms with Crippen molar-refractivity contribution < 1.29 is 14.7 Å². The summed E-state index contributed by atoms with van der Waals surface area (Å²) in [6.45, 7) is 4.05. The molecule has 2 unspecified atom stereocenters. The first-order valence-corrected chi connectivity index (χ1v) is 8.32. The molecule has 0 aromatic carbocycles. The first-order chi connectivity index (χ1) is 10.1. The Morgan fingerprint density at radius 1 is 1.24 bits per heavy atom. The highest BCUT2D eigenvalue weighted by Gasteiger charge is 2.28. The van der Waals surface area contributed by atoms with Crippen LogP contribution in [0.5, 0.6) is 0 Å². The van der Waals surface area contributed by atoms with Crippen LogP contribution in [0.25, 0.3) is 0 Å². The number of rotatable bonds is 4. The first-order valence-electron chi connectivity index (χ1n) is 8.32. The fourth-order valence-electron chi connectivity index (χ4n) is 3.68. The number of piperidine rings is 1. The van der Waals surface area contributed by atoms with E-state index in [-0.39, 0.29) is 6.03 Å². The van der Waals surface area contributed by atoms with Gasteiger partial charge in [0.05, 0.1) is 5.92 Å². The van der Waals surface area contributed by atoms with Gasteiger partial charge in [-0.05, 0) is 37.5 Å². The first kappa shape index (κ1) is 16.1. The molecule has 2 fully saturated rings. The lowest BCUT2D eigenvalue weighted by atomic mass is 9.81. The van der Waals surface area contributed by atoms with Crippen molar-refractivity contribution in [1.82, 2.24) is 10.2 Å². The largest absolute Gasteiger partial charge is 0.481 e. The van der Waals surface area contributed by atoms with Gasteiger partial charge in [0, 0.05) is 19.6 Å². The number of aliphatic carboxylic acids is 1. The highest BCUT2D eigenvalue weighted by molar-refractivity contribution is 5.76. The van der Waals surface area contributed by atoms with Crippen LogP contribution in [-0.4, -0.2) is 41.6 Å². The third-order valence-electron chi connectivity index (χ3n) is 4.93. The minimum atomic E-state index is -0.788. The number of carboxylic acids is 1. The van der Waals surface area contributed by atoms with E-state index in [0.29, 0.717) is 26.1 Å². The van der Waals surface area contributed by atoms with Gasteiger partial charge in [0.25, 0.3) is 0 Å². The number of urea groups is 1. The summed E-state index contributed by atoms with van der Waals surface area (Å²) in [6, 6.07) is -0.0928. The van der Waals surface area contributed by atoms with Crippen molar-refractivity contribution in [1.29, 1.82) is 0 Å². The highest BCUT2D eigenvalue weighted by atomic mass is 16.4. The second-order valence-corrected chi connectivity index (χ2v) is 6.78. The Hall–Kier alpha value is -1.26. The van der Waals surface area contributed by atoms with Crippen molar-refractivity contribution in [3.8, 4) is 0 Å². The smallest absolute Gasteiger partial charge is 0.317 e. The summed E-state index contributed by atoms with van der Waals surface area (Å²) in [6.07, 6.45) is 7.72. The number of nitrogens with zero attached hydrogens (tertiary/aromatic N) is 1. The molecule has 21 heavy (non-hydrogen) atoms. The van der Waals surface area contributed by atoms with Gasteiger partial charge in [-0.15, -0.1) is 0 Å². The maximum absolute atomic E-state index is 12.1. The van der Waals surface area contributed by atoms with Crippen molar-refractivity contribution in [2.45, 2.75) is 51.9 Å². The Bertz CT molecular complexity index is 373. The molecule has 0 spiro atoms. The van der Waals surface area contributed by atoms with E-state index in [1.165, 1.54) is 25.7 Å². The third kappa shape index (κ3) is 4.90. The minimum Gasteiger partial charge on any atom is -0.481 e. The van der Waals surface area contributed by atoms with Crippen LogP contribution in [0.1, 0.15) is 51.9 Å². The maximum atomic E-state index is 12.1. The second kappa shape index (κ2) is 7.66. The van der Waals surface area contributed by atoms with Crippen molar-refractivity contribution >= 4 is 12.0 Å². The van der Waals surface area contributed by atoms with Crippen LogP contribution in [0.3, 0.4) is 0 Å². The molecular weight excluding hydrogens is 268 g/mol. The number of likely N-dealkylation sites (tertiary alicyclic amines) is 1. The zero-order chi connectivity index (χ0) is 15.2. The SMILES string of the molecule is CC1CCCC(CCNC(=O)N2CCC[C@@H](C(=O)O)C2)C1. The van der Waals surface area contributed by atoms with Crippen molar-refractivity contribution in [2.24, 2.45) is 17.8 Å². The number of hydrogen-bond acceptors (Lipinski definition) is 2. The Morgan fingerprint density at radius 2 is 2.05 bits per heavy atom. The van der Waals surface area contributed by atoms with E-state index >= 15 is 0 Å². The second-order valence-electron chi connectivity index (χ2n) is 6.78. The fraction of sp³-hybridized carbons (Fsp3) is 0.875. The summed E-state index contributed by atoms with van der Waals surface area (Å²) in [5.41, 5.74) is 0. The van der Waals surface area contributed by atoms with E-state index in [1.54, 1.807) is 4.90 Å². The molecular formula is C16H28N2O3. The van der Waals surface area contributed by atoms with E-state index in [0.717, 1.165) is 24.7 Å².